The monoisotopic (exact) mass is 246 g/mol. The van der Waals surface area contributed by atoms with Crippen LogP contribution in [0.5, 0.6) is 5.75 Å². The standard InChI is InChI=1S/C11H9F3O3/c12-4-3-8-5-7(9(16)6-15)1-2-10(8)17-11(13)14/h1-2,5-6,11H,3-4H2. The van der Waals surface area contributed by atoms with Crippen LogP contribution >= 0.6 is 0 Å². The van der Waals surface area contributed by atoms with Gasteiger partial charge in [-0.25, -0.2) is 0 Å². The van der Waals surface area contributed by atoms with Crippen molar-refractivity contribution < 1.29 is 27.5 Å². The predicted octanol–water partition coefficient (Wildman–Crippen LogP) is 2.18. The van der Waals surface area contributed by atoms with E-state index >= 15 is 0 Å². The van der Waals surface area contributed by atoms with Crippen molar-refractivity contribution in [2.75, 3.05) is 6.67 Å². The number of halogens is 3. The van der Waals surface area contributed by atoms with Crippen molar-refractivity contribution in [1.82, 2.24) is 0 Å². The van der Waals surface area contributed by atoms with Crippen molar-refractivity contribution >= 4 is 12.1 Å². The summed E-state index contributed by atoms with van der Waals surface area (Å²) in [5.41, 5.74) is 0.144. The highest BCUT2D eigenvalue weighted by molar-refractivity contribution is 6.33. The number of hydrogen-bond acceptors (Lipinski definition) is 3. The van der Waals surface area contributed by atoms with Crippen molar-refractivity contribution in [3.63, 3.8) is 0 Å². The number of alkyl halides is 3. The molecule has 92 valence electrons. The van der Waals surface area contributed by atoms with E-state index in [1.165, 1.54) is 12.1 Å². The quantitative estimate of drug-likeness (QED) is 0.439. The molecular weight excluding hydrogens is 237 g/mol. The minimum absolute atomic E-state index is 0.0186. The van der Waals surface area contributed by atoms with Crippen molar-refractivity contribution in [3.8, 4) is 5.75 Å². The first-order chi connectivity index (χ1) is 8.08. The topological polar surface area (TPSA) is 43.4 Å². The fraction of sp³-hybridized carbons (Fsp3) is 0.273. The zero-order chi connectivity index (χ0) is 12.8. The first-order valence-corrected chi connectivity index (χ1v) is 4.71. The first kappa shape index (κ1) is 13.2. The third kappa shape index (κ3) is 3.58. The molecule has 0 heterocycles. The molecule has 0 amide bonds. The summed E-state index contributed by atoms with van der Waals surface area (Å²) in [5.74, 6) is -0.992. The molecule has 0 aromatic heterocycles. The normalized spacial score (nSPS) is 10.4. The van der Waals surface area contributed by atoms with E-state index in [4.69, 9.17) is 0 Å². The minimum Gasteiger partial charge on any atom is -0.435 e. The Labute approximate surface area is 95.2 Å². The van der Waals surface area contributed by atoms with Crippen LogP contribution in [0.25, 0.3) is 0 Å². The largest absolute Gasteiger partial charge is 0.435 e. The van der Waals surface area contributed by atoms with Crippen LogP contribution in [-0.2, 0) is 11.2 Å². The molecule has 1 aromatic carbocycles. The number of hydrogen-bond donors (Lipinski definition) is 0. The molecule has 0 aliphatic heterocycles. The summed E-state index contributed by atoms with van der Waals surface area (Å²) in [4.78, 5) is 21.3. The Bertz CT molecular complexity index is 418. The summed E-state index contributed by atoms with van der Waals surface area (Å²) in [7, 11) is 0. The van der Waals surface area contributed by atoms with Crippen LogP contribution in [-0.4, -0.2) is 25.4 Å². The Morgan fingerprint density at radius 3 is 2.65 bits per heavy atom. The lowest BCUT2D eigenvalue weighted by molar-refractivity contribution is -0.104. The second-order valence-electron chi connectivity index (χ2n) is 3.12. The van der Waals surface area contributed by atoms with E-state index in [-0.39, 0.29) is 29.6 Å². The van der Waals surface area contributed by atoms with Crippen LogP contribution in [0.1, 0.15) is 15.9 Å². The molecule has 0 atom stereocenters. The Morgan fingerprint density at radius 1 is 1.41 bits per heavy atom. The number of ketones is 1. The molecule has 1 aromatic rings. The van der Waals surface area contributed by atoms with Gasteiger partial charge in [-0.05, 0) is 23.8 Å². The SMILES string of the molecule is O=CC(=O)c1ccc(OC(F)F)c(CCF)c1. The van der Waals surface area contributed by atoms with E-state index in [0.29, 0.717) is 0 Å². The number of rotatable bonds is 6. The third-order valence-corrected chi connectivity index (χ3v) is 2.03. The van der Waals surface area contributed by atoms with Gasteiger partial charge in [0.1, 0.15) is 5.75 Å². The summed E-state index contributed by atoms with van der Waals surface area (Å²) in [6.07, 6.45) is -0.0652. The molecule has 0 fully saturated rings. The van der Waals surface area contributed by atoms with Gasteiger partial charge in [0.25, 0.3) is 0 Å². The van der Waals surface area contributed by atoms with Gasteiger partial charge in [-0.2, -0.15) is 8.78 Å². The van der Waals surface area contributed by atoms with Crippen LogP contribution in [0.2, 0.25) is 0 Å². The van der Waals surface area contributed by atoms with Crippen LogP contribution in [0.15, 0.2) is 18.2 Å². The second-order valence-corrected chi connectivity index (χ2v) is 3.12. The molecule has 17 heavy (non-hydrogen) atoms. The molecule has 3 nitrogen and oxygen atoms in total. The summed E-state index contributed by atoms with van der Waals surface area (Å²) >= 11 is 0. The Balaban J connectivity index is 3.07. The summed E-state index contributed by atoms with van der Waals surface area (Å²) in [6, 6.07) is 3.47. The molecule has 0 aliphatic rings. The third-order valence-electron chi connectivity index (χ3n) is 2.03. The van der Waals surface area contributed by atoms with Gasteiger partial charge in [0, 0.05) is 12.0 Å². The van der Waals surface area contributed by atoms with Gasteiger partial charge in [-0.1, -0.05) is 0 Å². The maximum Gasteiger partial charge on any atom is 0.387 e. The zero-order valence-corrected chi connectivity index (χ0v) is 8.66. The van der Waals surface area contributed by atoms with Gasteiger partial charge in [-0.15, -0.1) is 0 Å². The highest BCUT2D eigenvalue weighted by Crippen LogP contribution is 2.23. The molecule has 1 rings (SSSR count). The summed E-state index contributed by atoms with van der Waals surface area (Å²) < 4.78 is 40.4. The molecule has 0 unspecified atom stereocenters. The van der Waals surface area contributed by atoms with Crippen LogP contribution in [0.3, 0.4) is 0 Å². The Morgan fingerprint density at radius 2 is 2.12 bits per heavy atom. The van der Waals surface area contributed by atoms with E-state index in [1.807, 2.05) is 0 Å². The van der Waals surface area contributed by atoms with Gasteiger partial charge in [0.05, 0.1) is 6.67 Å². The lowest BCUT2D eigenvalue weighted by Crippen LogP contribution is -2.07. The Hall–Kier alpha value is -1.85. The van der Waals surface area contributed by atoms with E-state index < -0.39 is 19.1 Å². The van der Waals surface area contributed by atoms with Gasteiger partial charge < -0.3 is 4.74 Å². The molecule has 0 saturated carbocycles. The van der Waals surface area contributed by atoms with Crippen molar-refractivity contribution in [3.05, 3.63) is 29.3 Å². The molecular formula is C11H9F3O3. The number of carbonyl (C=O) groups is 2. The maximum atomic E-state index is 12.2. The molecule has 0 radical (unpaired) electrons. The number of benzene rings is 1. The first-order valence-electron chi connectivity index (χ1n) is 4.71. The molecule has 0 saturated heterocycles. The molecule has 0 aliphatic carbocycles. The number of Topliss-reactive ketones (excluding diaryl/α,β-unsaturated/α-hetero) is 1. The predicted molar refractivity (Wildman–Crippen MR) is 53.1 cm³/mol. The van der Waals surface area contributed by atoms with Crippen LogP contribution in [0.4, 0.5) is 13.2 Å². The van der Waals surface area contributed by atoms with Gasteiger partial charge in [-0.3, -0.25) is 14.0 Å². The Kier molecular flexibility index (Phi) is 4.68. The fourth-order valence-corrected chi connectivity index (χ4v) is 1.31. The van der Waals surface area contributed by atoms with E-state index in [9.17, 15) is 22.8 Å². The van der Waals surface area contributed by atoms with Crippen LogP contribution in [0, 0.1) is 0 Å². The average molecular weight is 246 g/mol. The molecule has 0 N–H and O–H groups in total. The second kappa shape index (κ2) is 6.03. The summed E-state index contributed by atoms with van der Waals surface area (Å²) in [6.45, 7) is -3.81. The molecule has 6 heteroatoms. The number of ether oxygens (including phenoxy) is 1. The van der Waals surface area contributed by atoms with Crippen molar-refractivity contribution in [2.45, 2.75) is 13.0 Å². The number of carbonyl (C=O) groups excluding carboxylic acids is 2. The van der Waals surface area contributed by atoms with Crippen LogP contribution < -0.4 is 4.74 Å². The highest BCUT2D eigenvalue weighted by atomic mass is 19.3. The summed E-state index contributed by atoms with van der Waals surface area (Å²) in [5, 5.41) is 0. The highest BCUT2D eigenvalue weighted by Gasteiger charge is 2.13. The van der Waals surface area contributed by atoms with Crippen molar-refractivity contribution in [1.29, 1.82) is 0 Å². The lowest BCUT2D eigenvalue weighted by Gasteiger charge is -2.10. The maximum absolute atomic E-state index is 12.2. The number of aldehydes is 1. The number of aryl methyl sites for hydroxylation is 1. The van der Waals surface area contributed by atoms with E-state index in [2.05, 4.69) is 4.74 Å². The van der Waals surface area contributed by atoms with E-state index in [1.54, 1.807) is 0 Å². The zero-order valence-electron chi connectivity index (χ0n) is 8.66. The van der Waals surface area contributed by atoms with E-state index in [0.717, 1.165) is 6.07 Å². The van der Waals surface area contributed by atoms with Gasteiger partial charge in [0.15, 0.2) is 6.29 Å². The van der Waals surface area contributed by atoms with Gasteiger partial charge >= 0.3 is 6.61 Å². The smallest absolute Gasteiger partial charge is 0.387 e. The van der Waals surface area contributed by atoms with Gasteiger partial charge in [0.2, 0.25) is 5.78 Å². The fourth-order valence-electron chi connectivity index (χ4n) is 1.31. The van der Waals surface area contributed by atoms with Crippen molar-refractivity contribution in [2.24, 2.45) is 0 Å². The average Bonchev–Trinajstić information content (AvgIpc) is 2.30. The molecule has 0 bridgehead atoms. The molecule has 0 spiro atoms. The lowest BCUT2D eigenvalue weighted by atomic mass is 10.0. The minimum atomic E-state index is -3.03.